The van der Waals surface area contributed by atoms with E-state index in [-0.39, 0.29) is 13.2 Å². The van der Waals surface area contributed by atoms with Gasteiger partial charge in [0.15, 0.2) is 0 Å². The summed E-state index contributed by atoms with van der Waals surface area (Å²) in [5.41, 5.74) is -0.494. The van der Waals surface area contributed by atoms with Gasteiger partial charge in [-0.3, -0.25) is 10.1 Å². The third-order valence-electron chi connectivity index (χ3n) is 3.00. The summed E-state index contributed by atoms with van der Waals surface area (Å²) in [4.78, 5) is 11.7. The smallest absolute Gasteiger partial charge is 0.416 e. The van der Waals surface area contributed by atoms with Crippen LogP contribution >= 0.6 is 0 Å². The van der Waals surface area contributed by atoms with Gasteiger partial charge in [-0.25, -0.2) is 0 Å². The van der Waals surface area contributed by atoms with Gasteiger partial charge in [-0.2, -0.15) is 13.2 Å². The first kappa shape index (κ1) is 19.4. The molecule has 1 aromatic carbocycles. The highest BCUT2D eigenvalue weighted by Crippen LogP contribution is 2.29. The molecule has 0 saturated carbocycles. The predicted octanol–water partition coefficient (Wildman–Crippen LogP) is 3.15. The van der Waals surface area contributed by atoms with E-state index in [0.29, 0.717) is 5.56 Å². The van der Waals surface area contributed by atoms with Crippen LogP contribution in [-0.4, -0.2) is 31.3 Å². The van der Waals surface area contributed by atoms with Gasteiger partial charge in [0.1, 0.15) is 6.04 Å². The Hall–Kier alpha value is -1.60. The number of ether oxygens (including phenoxy) is 2. The molecule has 4 nitrogen and oxygen atoms in total. The maximum atomic E-state index is 12.5. The largest absolute Gasteiger partial charge is 0.468 e. The lowest BCUT2D eigenvalue weighted by atomic mass is 10.1. The average molecular weight is 333 g/mol. The molecule has 0 amide bonds. The number of carbonyl (C=O) groups is 1. The zero-order valence-corrected chi connectivity index (χ0v) is 13.7. The van der Waals surface area contributed by atoms with Crippen molar-refractivity contribution < 1.29 is 27.4 Å². The molecule has 0 aromatic heterocycles. The van der Waals surface area contributed by atoms with Crippen LogP contribution in [0.4, 0.5) is 13.2 Å². The first-order valence-corrected chi connectivity index (χ1v) is 7.14. The van der Waals surface area contributed by atoms with Crippen molar-refractivity contribution in [3.05, 3.63) is 35.4 Å². The third-order valence-corrected chi connectivity index (χ3v) is 3.00. The number of benzene rings is 1. The van der Waals surface area contributed by atoms with Gasteiger partial charge in [0.2, 0.25) is 0 Å². The monoisotopic (exact) mass is 333 g/mol. The van der Waals surface area contributed by atoms with Crippen LogP contribution in [0.25, 0.3) is 0 Å². The van der Waals surface area contributed by atoms with E-state index >= 15 is 0 Å². The lowest BCUT2D eigenvalue weighted by Gasteiger charge is -2.24. The maximum absolute atomic E-state index is 12.5. The van der Waals surface area contributed by atoms with Crippen molar-refractivity contribution in [2.75, 3.05) is 13.7 Å². The van der Waals surface area contributed by atoms with Gasteiger partial charge in [0.05, 0.1) is 24.9 Å². The minimum atomic E-state index is -4.36. The molecule has 1 atom stereocenters. The fourth-order valence-corrected chi connectivity index (χ4v) is 1.74. The molecule has 1 N–H and O–H groups in total. The molecule has 0 bridgehead atoms. The lowest BCUT2D eigenvalue weighted by Crippen LogP contribution is -2.42. The fraction of sp³-hybridized carbons (Fsp3) is 0.562. The molecule has 1 unspecified atom stereocenters. The highest BCUT2D eigenvalue weighted by Gasteiger charge is 2.30. The van der Waals surface area contributed by atoms with E-state index < -0.39 is 29.4 Å². The van der Waals surface area contributed by atoms with Crippen LogP contribution < -0.4 is 5.32 Å². The predicted molar refractivity (Wildman–Crippen MR) is 79.8 cm³/mol. The van der Waals surface area contributed by atoms with E-state index in [1.165, 1.54) is 19.2 Å². The molecule has 0 aliphatic heterocycles. The molecule has 0 spiro atoms. The Kier molecular flexibility index (Phi) is 6.58. The van der Waals surface area contributed by atoms with Crippen LogP contribution in [0.2, 0.25) is 0 Å². The fourth-order valence-electron chi connectivity index (χ4n) is 1.74. The van der Waals surface area contributed by atoms with Crippen LogP contribution in [0.15, 0.2) is 24.3 Å². The molecule has 0 aliphatic rings. The van der Waals surface area contributed by atoms with E-state index in [1.54, 1.807) is 0 Å². The summed E-state index contributed by atoms with van der Waals surface area (Å²) in [6.45, 7) is 5.91. The van der Waals surface area contributed by atoms with Gasteiger partial charge in [-0.1, -0.05) is 12.1 Å². The number of esters is 1. The molecule has 1 aromatic rings. The molecule has 0 saturated heterocycles. The summed E-state index contributed by atoms with van der Waals surface area (Å²) in [7, 11) is 1.27. The Balaban J connectivity index is 2.65. The van der Waals surface area contributed by atoms with Crippen LogP contribution in [0.1, 0.15) is 31.9 Å². The number of methoxy groups -OCH3 is 1. The zero-order valence-electron chi connectivity index (χ0n) is 13.7. The van der Waals surface area contributed by atoms with E-state index in [0.717, 1.165) is 12.1 Å². The summed E-state index contributed by atoms with van der Waals surface area (Å²) < 4.78 is 47.8. The second kappa shape index (κ2) is 7.79. The first-order valence-electron chi connectivity index (χ1n) is 7.14. The van der Waals surface area contributed by atoms with Crippen LogP contribution in [0.3, 0.4) is 0 Å². The first-order chi connectivity index (χ1) is 10.5. The normalized spacial score (nSPS) is 13.7. The van der Waals surface area contributed by atoms with Crippen LogP contribution in [-0.2, 0) is 27.0 Å². The van der Waals surface area contributed by atoms with Gasteiger partial charge in [-0.15, -0.1) is 0 Å². The maximum Gasteiger partial charge on any atom is 0.416 e. The summed E-state index contributed by atoms with van der Waals surface area (Å²) in [5, 5.41) is 2.94. The minimum absolute atomic E-state index is 0.108. The highest BCUT2D eigenvalue weighted by atomic mass is 19.4. The number of nitrogens with one attached hydrogen (secondary N) is 1. The molecule has 23 heavy (non-hydrogen) atoms. The van der Waals surface area contributed by atoms with Gasteiger partial charge in [0, 0.05) is 6.54 Å². The molecule has 7 heteroatoms. The SMILES string of the molecule is COC(=O)C(COC(C)(C)C)NCc1ccc(C(F)(F)F)cc1. The zero-order chi connectivity index (χ0) is 17.7. The van der Waals surface area contributed by atoms with E-state index in [4.69, 9.17) is 9.47 Å². The molecule has 0 aliphatic carbocycles. The van der Waals surface area contributed by atoms with Crippen molar-refractivity contribution in [3.8, 4) is 0 Å². The van der Waals surface area contributed by atoms with Crippen molar-refractivity contribution in [2.24, 2.45) is 0 Å². The summed E-state index contributed by atoms with van der Waals surface area (Å²) in [6.07, 6.45) is -4.36. The minimum Gasteiger partial charge on any atom is -0.468 e. The van der Waals surface area contributed by atoms with E-state index in [9.17, 15) is 18.0 Å². The number of rotatable bonds is 6. The summed E-state index contributed by atoms with van der Waals surface area (Å²) in [6, 6.07) is 4.07. The van der Waals surface area contributed by atoms with Crippen LogP contribution in [0.5, 0.6) is 0 Å². The van der Waals surface area contributed by atoms with Crippen molar-refractivity contribution in [1.82, 2.24) is 5.32 Å². The van der Waals surface area contributed by atoms with E-state index in [1.807, 2.05) is 20.8 Å². The summed E-state index contributed by atoms with van der Waals surface area (Å²) >= 11 is 0. The second-order valence-corrected chi connectivity index (χ2v) is 6.07. The number of carbonyl (C=O) groups excluding carboxylic acids is 1. The van der Waals surface area contributed by atoms with Gasteiger partial charge in [-0.05, 0) is 38.5 Å². The Labute approximate surface area is 134 Å². The van der Waals surface area contributed by atoms with Gasteiger partial charge >= 0.3 is 12.1 Å². The number of halogens is 3. The highest BCUT2D eigenvalue weighted by molar-refractivity contribution is 5.75. The number of alkyl halides is 3. The van der Waals surface area contributed by atoms with E-state index in [2.05, 4.69) is 5.32 Å². The lowest BCUT2D eigenvalue weighted by molar-refractivity contribution is -0.146. The standard InChI is InChI=1S/C16H22F3NO3/c1-15(2,3)23-10-13(14(21)22-4)20-9-11-5-7-12(8-6-11)16(17,18)19/h5-8,13,20H,9-10H2,1-4H3. The van der Waals surface area contributed by atoms with Gasteiger partial charge in [0.25, 0.3) is 0 Å². The Bertz CT molecular complexity index is 507. The Morgan fingerprint density at radius 2 is 1.74 bits per heavy atom. The van der Waals surface area contributed by atoms with Crippen LogP contribution in [0, 0.1) is 0 Å². The molecule has 130 valence electrons. The molecule has 0 fully saturated rings. The molecular weight excluding hydrogens is 311 g/mol. The van der Waals surface area contributed by atoms with Crippen molar-refractivity contribution >= 4 is 5.97 Å². The quantitative estimate of drug-likeness (QED) is 0.813. The third kappa shape index (κ3) is 7.00. The van der Waals surface area contributed by atoms with Crippen molar-refractivity contribution in [2.45, 2.75) is 45.1 Å². The molecule has 0 heterocycles. The average Bonchev–Trinajstić information content (AvgIpc) is 2.45. The molecular formula is C16H22F3NO3. The van der Waals surface area contributed by atoms with Gasteiger partial charge < -0.3 is 9.47 Å². The molecule has 1 rings (SSSR count). The Morgan fingerprint density at radius 3 is 2.17 bits per heavy atom. The number of hydrogen-bond acceptors (Lipinski definition) is 4. The topological polar surface area (TPSA) is 47.6 Å². The second-order valence-electron chi connectivity index (χ2n) is 6.07. The van der Waals surface area contributed by atoms with Crippen molar-refractivity contribution in [3.63, 3.8) is 0 Å². The Morgan fingerprint density at radius 1 is 1.17 bits per heavy atom. The van der Waals surface area contributed by atoms with Crippen molar-refractivity contribution in [1.29, 1.82) is 0 Å². The molecule has 0 radical (unpaired) electrons. The summed E-state index contributed by atoms with van der Waals surface area (Å²) in [5.74, 6) is -0.485. The number of hydrogen-bond donors (Lipinski definition) is 1.